The molecule has 0 radical (unpaired) electrons. The number of nitrogens with one attached hydrogen (secondary N) is 1. The zero-order valence-corrected chi connectivity index (χ0v) is 10.8. The van der Waals surface area contributed by atoms with Gasteiger partial charge in [-0.25, -0.2) is 4.98 Å². The molecule has 5 heteroatoms. The molecule has 2 rings (SSSR count). The number of aryl methyl sites for hydroxylation is 1. The van der Waals surface area contributed by atoms with Crippen LogP contribution in [0.2, 0.25) is 0 Å². The van der Waals surface area contributed by atoms with E-state index in [4.69, 9.17) is 10.5 Å². The SMILES string of the molecule is Cc1nc(OCC2CCCCC2CN)cc(=O)[nH]1. The van der Waals surface area contributed by atoms with E-state index >= 15 is 0 Å². The van der Waals surface area contributed by atoms with Gasteiger partial charge in [0.15, 0.2) is 0 Å². The van der Waals surface area contributed by atoms with Crippen LogP contribution in [-0.4, -0.2) is 23.1 Å². The second-order valence-electron chi connectivity index (χ2n) is 5.02. The molecule has 0 spiro atoms. The van der Waals surface area contributed by atoms with Crippen LogP contribution in [-0.2, 0) is 0 Å². The normalized spacial score (nSPS) is 23.9. The summed E-state index contributed by atoms with van der Waals surface area (Å²) in [4.78, 5) is 18.0. The molecule has 0 amide bonds. The van der Waals surface area contributed by atoms with Crippen LogP contribution in [0.1, 0.15) is 31.5 Å². The van der Waals surface area contributed by atoms with Gasteiger partial charge in [-0.2, -0.15) is 0 Å². The molecule has 18 heavy (non-hydrogen) atoms. The van der Waals surface area contributed by atoms with Crippen molar-refractivity contribution in [3.63, 3.8) is 0 Å². The molecule has 3 N–H and O–H groups in total. The van der Waals surface area contributed by atoms with Gasteiger partial charge in [-0.15, -0.1) is 0 Å². The Hall–Kier alpha value is -1.36. The van der Waals surface area contributed by atoms with Gasteiger partial charge in [0.25, 0.3) is 5.56 Å². The van der Waals surface area contributed by atoms with E-state index in [1.54, 1.807) is 6.92 Å². The van der Waals surface area contributed by atoms with Crippen molar-refractivity contribution in [3.8, 4) is 5.88 Å². The first-order valence-electron chi connectivity index (χ1n) is 6.60. The second-order valence-corrected chi connectivity index (χ2v) is 5.02. The average Bonchev–Trinajstić information content (AvgIpc) is 2.35. The van der Waals surface area contributed by atoms with Crippen molar-refractivity contribution >= 4 is 0 Å². The Morgan fingerprint density at radius 3 is 2.83 bits per heavy atom. The number of nitrogens with zero attached hydrogens (tertiary/aromatic N) is 1. The van der Waals surface area contributed by atoms with Crippen LogP contribution in [0.4, 0.5) is 0 Å². The average molecular weight is 251 g/mol. The standard InChI is InChI=1S/C13H21N3O2/c1-9-15-12(17)6-13(16-9)18-8-11-5-3-2-4-10(11)7-14/h6,10-11H,2-5,7-8,14H2,1H3,(H,15,16,17). The van der Waals surface area contributed by atoms with Crippen LogP contribution in [0.15, 0.2) is 10.9 Å². The fourth-order valence-electron chi connectivity index (χ4n) is 2.63. The number of nitrogens with two attached hydrogens (primary N) is 1. The number of hydrogen-bond acceptors (Lipinski definition) is 4. The largest absolute Gasteiger partial charge is 0.477 e. The number of rotatable bonds is 4. The van der Waals surface area contributed by atoms with E-state index in [-0.39, 0.29) is 5.56 Å². The molecule has 2 atom stereocenters. The third-order valence-corrected chi connectivity index (χ3v) is 3.65. The summed E-state index contributed by atoms with van der Waals surface area (Å²) in [5, 5.41) is 0. The minimum Gasteiger partial charge on any atom is -0.477 e. The van der Waals surface area contributed by atoms with Gasteiger partial charge in [0, 0.05) is 0 Å². The predicted molar refractivity (Wildman–Crippen MR) is 69.6 cm³/mol. The van der Waals surface area contributed by atoms with Crippen molar-refractivity contribution in [1.29, 1.82) is 0 Å². The monoisotopic (exact) mass is 251 g/mol. The summed E-state index contributed by atoms with van der Waals surface area (Å²) in [5.74, 6) is 2.03. The zero-order valence-electron chi connectivity index (χ0n) is 10.8. The summed E-state index contributed by atoms with van der Waals surface area (Å²) < 4.78 is 5.65. The Bertz CT molecular complexity index is 444. The van der Waals surface area contributed by atoms with E-state index in [1.165, 1.54) is 25.3 Å². The molecule has 1 saturated carbocycles. The Morgan fingerprint density at radius 2 is 2.17 bits per heavy atom. The quantitative estimate of drug-likeness (QED) is 0.843. The Balaban J connectivity index is 1.95. The molecule has 0 aromatic carbocycles. The maximum atomic E-state index is 11.3. The van der Waals surface area contributed by atoms with Crippen LogP contribution in [0, 0.1) is 18.8 Å². The van der Waals surface area contributed by atoms with Gasteiger partial charge in [-0.1, -0.05) is 12.8 Å². The van der Waals surface area contributed by atoms with Crippen molar-refractivity contribution in [1.82, 2.24) is 9.97 Å². The minimum atomic E-state index is -0.170. The number of aromatic amines is 1. The summed E-state index contributed by atoms with van der Waals surface area (Å²) in [6.45, 7) is 3.07. The van der Waals surface area contributed by atoms with Gasteiger partial charge in [-0.05, 0) is 38.1 Å². The Kier molecular flexibility index (Phi) is 4.36. The lowest BCUT2D eigenvalue weighted by Gasteiger charge is -2.30. The molecule has 0 aliphatic heterocycles. The van der Waals surface area contributed by atoms with E-state index < -0.39 is 0 Å². The number of hydrogen-bond donors (Lipinski definition) is 2. The van der Waals surface area contributed by atoms with E-state index in [9.17, 15) is 4.79 Å². The summed E-state index contributed by atoms with van der Waals surface area (Å²) in [5.41, 5.74) is 5.61. The smallest absolute Gasteiger partial charge is 0.254 e. The Labute approximate surface area is 107 Å². The maximum Gasteiger partial charge on any atom is 0.254 e. The first kappa shape index (κ1) is 13.1. The van der Waals surface area contributed by atoms with Crippen molar-refractivity contribution < 1.29 is 4.74 Å². The molecule has 1 aromatic heterocycles. The van der Waals surface area contributed by atoms with Gasteiger partial charge < -0.3 is 15.5 Å². The number of aromatic nitrogens is 2. The highest BCUT2D eigenvalue weighted by atomic mass is 16.5. The summed E-state index contributed by atoms with van der Waals surface area (Å²) in [6.07, 6.45) is 4.85. The van der Waals surface area contributed by atoms with E-state index in [1.807, 2.05) is 0 Å². The minimum absolute atomic E-state index is 0.170. The molecule has 0 bridgehead atoms. The number of H-pyrrole nitrogens is 1. The lowest BCUT2D eigenvalue weighted by Crippen LogP contribution is -2.31. The van der Waals surface area contributed by atoms with Crippen LogP contribution >= 0.6 is 0 Å². The molecular formula is C13H21N3O2. The molecule has 1 fully saturated rings. The lowest BCUT2D eigenvalue weighted by atomic mass is 9.80. The first-order chi connectivity index (χ1) is 8.69. The fraction of sp³-hybridized carbons (Fsp3) is 0.692. The van der Waals surface area contributed by atoms with Crippen LogP contribution in [0.5, 0.6) is 5.88 Å². The molecule has 1 aromatic rings. The fourth-order valence-corrected chi connectivity index (χ4v) is 2.63. The highest BCUT2D eigenvalue weighted by Crippen LogP contribution is 2.29. The van der Waals surface area contributed by atoms with E-state index in [2.05, 4.69) is 9.97 Å². The molecule has 1 heterocycles. The molecule has 2 unspecified atom stereocenters. The molecule has 1 aliphatic rings. The molecule has 100 valence electrons. The first-order valence-corrected chi connectivity index (χ1v) is 6.60. The van der Waals surface area contributed by atoms with Crippen LogP contribution in [0.25, 0.3) is 0 Å². The van der Waals surface area contributed by atoms with Crippen molar-refractivity contribution in [3.05, 3.63) is 22.2 Å². The summed E-state index contributed by atoms with van der Waals surface area (Å²) in [6, 6.07) is 1.40. The third kappa shape index (κ3) is 3.32. The van der Waals surface area contributed by atoms with Gasteiger partial charge in [0.05, 0.1) is 12.7 Å². The van der Waals surface area contributed by atoms with Crippen molar-refractivity contribution in [2.24, 2.45) is 17.6 Å². The van der Waals surface area contributed by atoms with E-state index in [0.29, 0.717) is 30.1 Å². The Morgan fingerprint density at radius 1 is 1.44 bits per heavy atom. The van der Waals surface area contributed by atoms with E-state index in [0.717, 1.165) is 13.0 Å². The van der Waals surface area contributed by atoms with Gasteiger partial charge in [-0.3, -0.25) is 4.79 Å². The van der Waals surface area contributed by atoms with Crippen molar-refractivity contribution in [2.45, 2.75) is 32.6 Å². The molecule has 5 nitrogen and oxygen atoms in total. The second kappa shape index (κ2) is 6.00. The highest BCUT2D eigenvalue weighted by Gasteiger charge is 2.24. The van der Waals surface area contributed by atoms with Crippen LogP contribution < -0.4 is 16.0 Å². The van der Waals surface area contributed by atoms with Gasteiger partial charge >= 0.3 is 0 Å². The predicted octanol–water partition coefficient (Wildman–Crippen LogP) is 1.22. The zero-order chi connectivity index (χ0) is 13.0. The van der Waals surface area contributed by atoms with Crippen LogP contribution in [0.3, 0.4) is 0 Å². The maximum absolute atomic E-state index is 11.3. The van der Waals surface area contributed by atoms with Gasteiger partial charge in [0.1, 0.15) is 5.82 Å². The summed E-state index contributed by atoms with van der Waals surface area (Å²) >= 11 is 0. The topological polar surface area (TPSA) is 81.0 Å². The molecular weight excluding hydrogens is 230 g/mol. The third-order valence-electron chi connectivity index (χ3n) is 3.65. The highest BCUT2D eigenvalue weighted by molar-refractivity contribution is 5.08. The van der Waals surface area contributed by atoms with Gasteiger partial charge in [0.2, 0.25) is 5.88 Å². The molecule has 1 aliphatic carbocycles. The lowest BCUT2D eigenvalue weighted by molar-refractivity contribution is 0.149. The summed E-state index contributed by atoms with van der Waals surface area (Å²) in [7, 11) is 0. The van der Waals surface area contributed by atoms with Crippen molar-refractivity contribution in [2.75, 3.05) is 13.2 Å². The number of ether oxygens (including phenoxy) is 1. The molecule has 0 saturated heterocycles.